The Bertz CT molecular complexity index is 1190. The average Bonchev–Trinajstić information content (AvgIpc) is 3.29. The fourth-order valence-corrected chi connectivity index (χ4v) is 4.26. The third kappa shape index (κ3) is 5.86. The molecule has 3 aromatic rings. The third-order valence-electron chi connectivity index (χ3n) is 6.04. The minimum Gasteiger partial charge on any atom is -0.497 e. The molecule has 1 aromatic heterocycles. The Morgan fingerprint density at radius 1 is 1.20 bits per heavy atom. The van der Waals surface area contributed by atoms with Crippen LogP contribution in [0, 0.1) is 5.82 Å². The number of benzene rings is 2. The van der Waals surface area contributed by atoms with Gasteiger partial charge in [0.15, 0.2) is 11.6 Å². The number of rotatable bonds is 8. The zero-order valence-corrected chi connectivity index (χ0v) is 20.7. The van der Waals surface area contributed by atoms with Crippen LogP contribution in [0.4, 0.5) is 4.39 Å². The Labute approximate surface area is 205 Å². The Kier molecular flexibility index (Phi) is 7.47. The molecule has 0 unspecified atom stereocenters. The van der Waals surface area contributed by atoms with Crippen molar-refractivity contribution in [3.8, 4) is 28.5 Å². The summed E-state index contributed by atoms with van der Waals surface area (Å²) in [5, 5.41) is 7.53. The van der Waals surface area contributed by atoms with Gasteiger partial charge in [0, 0.05) is 32.1 Å². The number of carbonyl (C=O) groups excluding carboxylic acids is 1. The van der Waals surface area contributed by atoms with Crippen LogP contribution in [0.15, 0.2) is 42.5 Å². The second kappa shape index (κ2) is 10.5. The van der Waals surface area contributed by atoms with E-state index in [1.165, 1.54) is 6.92 Å². The van der Waals surface area contributed by atoms with E-state index < -0.39 is 5.66 Å². The summed E-state index contributed by atoms with van der Waals surface area (Å²) >= 11 is 0. The number of hydrogen-bond acceptors (Lipinski definition) is 6. The predicted octanol–water partition coefficient (Wildman–Crippen LogP) is 3.46. The van der Waals surface area contributed by atoms with Gasteiger partial charge in [0.25, 0.3) is 0 Å². The van der Waals surface area contributed by atoms with Gasteiger partial charge in [0.05, 0.1) is 25.9 Å². The lowest BCUT2D eigenvalue weighted by atomic mass is 10.1. The number of ether oxygens (including phenoxy) is 2. The molecule has 1 N–H and O–H groups in total. The summed E-state index contributed by atoms with van der Waals surface area (Å²) < 4.78 is 27.6. The first kappa shape index (κ1) is 24.8. The monoisotopic (exact) mass is 481 g/mol. The van der Waals surface area contributed by atoms with Crippen molar-refractivity contribution < 1.29 is 18.7 Å². The summed E-state index contributed by atoms with van der Waals surface area (Å²) in [5.74, 6) is 0.814. The van der Waals surface area contributed by atoms with Crippen LogP contribution in [0.1, 0.15) is 26.3 Å². The molecule has 8 nitrogen and oxygen atoms in total. The maximum Gasteiger partial charge on any atom is 0.218 e. The lowest BCUT2D eigenvalue weighted by molar-refractivity contribution is -0.121. The van der Waals surface area contributed by atoms with Gasteiger partial charge in [-0.2, -0.15) is 0 Å². The Morgan fingerprint density at radius 3 is 2.66 bits per heavy atom. The van der Waals surface area contributed by atoms with Gasteiger partial charge in [-0.05, 0) is 50.1 Å². The van der Waals surface area contributed by atoms with E-state index in [0.717, 1.165) is 50.4 Å². The number of amides is 1. The minimum absolute atomic E-state index is 0.209. The SMILES string of the molecule is COc1cccc(-c2nc(-c3ccc(CCN4CCOCC4)cc3F)nn2C(C)(C)NC(C)=O)c1. The first-order valence-electron chi connectivity index (χ1n) is 11.8. The first-order chi connectivity index (χ1) is 16.8. The summed E-state index contributed by atoms with van der Waals surface area (Å²) in [6.45, 7) is 9.24. The molecule has 2 heterocycles. The highest BCUT2D eigenvalue weighted by molar-refractivity contribution is 5.73. The van der Waals surface area contributed by atoms with E-state index in [-0.39, 0.29) is 17.5 Å². The van der Waals surface area contributed by atoms with E-state index in [1.54, 1.807) is 23.9 Å². The Hall–Kier alpha value is -3.30. The molecule has 0 radical (unpaired) electrons. The summed E-state index contributed by atoms with van der Waals surface area (Å²) in [7, 11) is 1.59. The number of hydrogen-bond donors (Lipinski definition) is 1. The molecule has 1 aliphatic heterocycles. The Morgan fingerprint density at radius 2 is 1.97 bits per heavy atom. The zero-order valence-electron chi connectivity index (χ0n) is 20.7. The van der Waals surface area contributed by atoms with Crippen molar-refractivity contribution in [2.45, 2.75) is 32.9 Å². The van der Waals surface area contributed by atoms with Gasteiger partial charge in [0.2, 0.25) is 5.91 Å². The highest BCUT2D eigenvalue weighted by Crippen LogP contribution is 2.30. The Balaban J connectivity index is 1.67. The highest BCUT2D eigenvalue weighted by atomic mass is 19.1. The molecule has 0 atom stereocenters. The van der Waals surface area contributed by atoms with Gasteiger partial charge in [-0.15, -0.1) is 5.10 Å². The highest BCUT2D eigenvalue weighted by Gasteiger charge is 2.28. The molecule has 9 heteroatoms. The third-order valence-corrected chi connectivity index (χ3v) is 6.04. The smallest absolute Gasteiger partial charge is 0.218 e. The van der Waals surface area contributed by atoms with Crippen LogP contribution in [-0.4, -0.2) is 65.5 Å². The van der Waals surface area contributed by atoms with Gasteiger partial charge < -0.3 is 14.8 Å². The van der Waals surface area contributed by atoms with Crippen LogP contribution in [-0.2, 0) is 21.6 Å². The second-order valence-electron chi connectivity index (χ2n) is 9.16. The molecule has 2 aromatic carbocycles. The lowest BCUT2D eigenvalue weighted by Gasteiger charge is -2.27. The van der Waals surface area contributed by atoms with Crippen LogP contribution in [0.25, 0.3) is 22.8 Å². The second-order valence-corrected chi connectivity index (χ2v) is 9.16. The van der Waals surface area contributed by atoms with Crippen LogP contribution in [0.3, 0.4) is 0 Å². The molecule has 186 valence electrons. The molecular weight excluding hydrogens is 449 g/mol. The van der Waals surface area contributed by atoms with Crippen molar-refractivity contribution in [3.05, 3.63) is 53.8 Å². The van der Waals surface area contributed by atoms with Gasteiger partial charge >= 0.3 is 0 Å². The van der Waals surface area contributed by atoms with Crippen molar-refractivity contribution in [2.75, 3.05) is 40.0 Å². The minimum atomic E-state index is -0.899. The van der Waals surface area contributed by atoms with Gasteiger partial charge in [-0.1, -0.05) is 18.2 Å². The van der Waals surface area contributed by atoms with Crippen LogP contribution in [0.5, 0.6) is 5.75 Å². The largest absolute Gasteiger partial charge is 0.497 e. The topological polar surface area (TPSA) is 81.5 Å². The zero-order chi connectivity index (χ0) is 25.0. The molecule has 0 aliphatic carbocycles. The first-order valence-corrected chi connectivity index (χ1v) is 11.8. The van der Waals surface area contributed by atoms with Gasteiger partial charge in [-0.3, -0.25) is 9.69 Å². The number of halogens is 1. The fourth-order valence-electron chi connectivity index (χ4n) is 4.26. The van der Waals surface area contributed by atoms with Crippen molar-refractivity contribution >= 4 is 5.91 Å². The van der Waals surface area contributed by atoms with Crippen molar-refractivity contribution in [1.29, 1.82) is 0 Å². The molecule has 4 rings (SSSR count). The van der Waals surface area contributed by atoms with Crippen LogP contribution >= 0.6 is 0 Å². The van der Waals surface area contributed by atoms with E-state index in [1.807, 2.05) is 44.2 Å². The maximum absolute atomic E-state index is 15.3. The summed E-state index contributed by atoms with van der Waals surface area (Å²) in [6.07, 6.45) is 0.754. The summed E-state index contributed by atoms with van der Waals surface area (Å²) in [5.41, 5.74) is 1.07. The normalized spacial score (nSPS) is 14.7. The molecular formula is C26H32FN5O3. The van der Waals surface area contributed by atoms with E-state index in [0.29, 0.717) is 17.1 Å². The number of methoxy groups -OCH3 is 1. The number of morpholine rings is 1. The van der Waals surface area contributed by atoms with E-state index in [4.69, 9.17) is 14.5 Å². The predicted molar refractivity (Wildman–Crippen MR) is 132 cm³/mol. The van der Waals surface area contributed by atoms with Crippen LogP contribution < -0.4 is 10.1 Å². The van der Waals surface area contributed by atoms with E-state index in [9.17, 15) is 4.79 Å². The molecule has 1 saturated heterocycles. The molecule has 0 saturated carbocycles. The van der Waals surface area contributed by atoms with Crippen molar-refractivity contribution in [1.82, 2.24) is 25.0 Å². The van der Waals surface area contributed by atoms with Crippen LogP contribution in [0.2, 0.25) is 0 Å². The average molecular weight is 482 g/mol. The molecule has 1 aliphatic rings. The molecule has 0 bridgehead atoms. The van der Waals surface area contributed by atoms with E-state index >= 15 is 4.39 Å². The maximum atomic E-state index is 15.3. The summed E-state index contributed by atoms with van der Waals surface area (Å²) in [6, 6.07) is 12.6. The molecule has 1 fully saturated rings. The molecule has 35 heavy (non-hydrogen) atoms. The standard InChI is InChI=1S/C26H32FN5O3/c1-18(33)29-26(2,3)32-25(20-6-5-7-21(17-20)34-4)28-24(30-32)22-9-8-19(16-23(22)27)10-11-31-12-14-35-15-13-31/h5-9,16-17H,10-15H2,1-4H3,(H,29,33). The lowest BCUT2D eigenvalue weighted by Crippen LogP contribution is -2.45. The van der Waals surface area contributed by atoms with Crippen molar-refractivity contribution in [3.63, 3.8) is 0 Å². The van der Waals surface area contributed by atoms with Gasteiger partial charge in [0.1, 0.15) is 17.2 Å². The molecule has 1 amide bonds. The quantitative estimate of drug-likeness (QED) is 0.531. The molecule has 0 spiro atoms. The number of nitrogens with one attached hydrogen (secondary N) is 1. The number of nitrogens with zero attached hydrogens (tertiary/aromatic N) is 4. The number of aromatic nitrogens is 3. The fraction of sp³-hybridized carbons (Fsp3) is 0.423. The van der Waals surface area contributed by atoms with E-state index in [2.05, 4.69) is 15.3 Å². The number of carbonyl (C=O) groups is 1. The van der Waals surface area contributed by atoms with Crippen molar-refractivity contribution in [2.24, 2.45) is 0 Å². The van der Waals surface area contributed by atoms with Gasteiger partial charge in [-0.25, -0.2) is 14.1 Å². The summed E-state index contributed by atoms with van der Waals surface area (Å²) in [4.78, 5) is 18.9.